The average molecular weight is 156 g/mol. The average Bonchev–Trinajstić information content (AvgIpc) is 2.02. The van der Waals surface area contributed by atoms with E-state index in [1.165, 1.54) is 0 Å². The van der Waals surface area contributed by atoms with Gasteiger partial charge in [-0.3, -0.25) is 4.79 Å². The Labute approximate surface area is 68.0 Å². The number of carbonyl (C=O) groups excluding carboxylic acids is 2. The van der Waals surface area contributed by atoms with Gasteiger partial charge in [-0.05, 0) is 6.42 Å². The van der Waals surface area contributed by atoms with Gasteiger partial charge in [-0.25, -0.2) is 0 Å². The second-order valence-corrected chi connectivity index (χ2v) is 3.02. The highest BCUT2D eigenvalue weighted by molar-refractivity contribution is 5.84. The quantitative estimate of drug-likeness (QED) is 0.569. The number of hydrogen-bond donors (Lipinski definition) is 0. The van der Waals surface area contributed by atoms with E-state index in [0.717, 1.165) is 12.7 Å². The number of aldehydes is 1. The van der Waals surface area contributed by atoms with Crippen molar-refractivity contribution in [2.45, 2.75) is 33.6 Å². The monoisotopic (exact) mass is 156 g/mol. The molecule has 0 rings (SSSR count). The van der Waals surface area contributed by atoms with Gasteiger partial charge in [0.1, 0.15) is 12.1 Å². The molecule has 11 heavy (non-hydrogen) atoms. The first kappa shape index (κ1) is 10.3. The van der Waals surface area contributed by atoms with E-state index in [2.05, 4.69) is 0 Å². The first-order valence-electron chi connectivity index (χ1n) is 4.10. The minimum absolute atomic E-state index is 0.0950. The van der Waals surface area contributed by atoms with Crippen LogP contribution in [0.4, 0.5) is 0 Å². The van der Waals surface area contributed by atoms with Gasteiger partial charge in [0.05, 0.1) is 0 Å². The maximum atomic E-state index is 11.3. The molecule has 2 heteroatoms. The highest BCUT2D eigenvalue weighted by atomic mass is 16.1. The minimum atomic E-state index is -0.0950. The van der Waals surface area contributed by atoms with Crippen LogP contribution in [0.2, 0.25) is 0 Å². The molecule has 0 heterocycles. The number of Topliss-reactive ketones (excluding diaryl/α,β-unsaturated/α-hetero) is 1. The van der Waals surface area contributed by atoms with Crippen LogP contribution in [-0.4, -0.2) is 12.1 Å². The van der Waals surface area contributed by atoms with Crippen molar-refractivity contribution in [3.05, 3.63) is 0 Å². The Morgan fingerprint density at radius 2 is 1.91 bits per heavy atom. The molecule has 64 valence electrons. The molecule has 2 unspecified atom stereocenters. The second-order valence-electron chi connectivity index (χ2n) is 3.02. The summed E-state index contributed by atoms with van der Waals surface area (Å²) in [4.78, 5) is 21.4. The minimum Gasteiger partial charge on any atom is -0.303 e. The SMILES string of the molecule is CCC(C)C(=O)C(C)CC=O. The normalized spacial score (nSPS) is 15.5. The molecule has 0 N–H and O–H groups in total. The molecular formula is C9H16O2. The van der Waals surface area contributed by atoms with Crippen molar-refractivity contribution in [2.75, 3.05) is 0 Å². The third kappa shape index (κ3) is 3.30. The summed E-state index contributed by atoms with van der Waals surface area (Å²) in [6.45, 7) is 5.70. The fourth-order valence-electron chi connectivity index (χ4n) is 0.947. The summed E-state index contributed by atoms with van der Waals surface area (Å²) in [6.07, 6.45) is 2.04. The second kappa shape index (κ2) is 5.05. The third-order valence-electron chi connectivity index (χ3n) is 2.03. The number of hydrogen-bond acceptors (Lipinski definition) is 2. The van der Waals surface area contributed by atoms with Crippen LogP contribution in [0.25, 0.3) is 0 Å². The summed E-state index contributed by atoms with van der Waals surface area (Å²) >= 11 is 0. The van der Waals surface area contributed by atoms with E-state index in [-0.39, 0.29) is 17.6 Å². The van der Waals surface area contributed by atoms with E-state index in [0.29, 0.717) is 6.42 Å². The van der Waals surface area contributed by atoms with Crippen LogP contribution >= 0.6 is 0 Å². The fraction of sp³-hybridized carbons (Fsp3) is 0.778. The molecule has 0 saturated heterocycles. The number of ketones is 1. The lowest BCUT2D eigenvalue weighted by Crippen LogP contribution is -2.18. The van der Waals surface area contributed by atoms with Crippen molar-refractivity contribution in [2.24, 2.45) is 11.8 Å². The summed E-state index contributed by atoms with van der Waals surface area (Å²) in [5.74, 6) is 0.215. The van der Waals surface area contributed by atoms with Crippen LogP contribution in [0.3, 0.4) is 0 Å². The Balaban J connectivity index is 3.90. The summed E-state index contributed by atoms with van der Waals surface area (Å²) in [7, 11) is 0. The zero-order chi connectivity index (χ0) is 8.85. The predicted octanol–water partition coefficient (Wildman–Crippen LogP) is 1.83. The highest BCUT2D eigenvalue weighted by Gasteiger charge is 2.17. The zero-order valence-electron chi connectivity index (χ0n) is 7.46. The molecule has 0 aliphatic rings. The maximum Gasteiger partial charge on any atom is 0.138 e. The Morgan fingerprint density at radius 3 is 2.27 bits per heavy atom. The van der Waals surface area contributed by atoms with Gasteiger partial charge in [-0.2, -0.15) is 0 Å². The first-order valence-corrected chi connectivity index (χ1v) is 4.10. The fourth-order valence-corrected chi connectivity index (χ4v) is 0.947. The van der Waals surface area contributed by atoms with Crippen molar-refractivity contribution >= 4 is 12.1 Å². The Kier molecular flexibility index (Phi) is 4.75. The Hall–Kier alpha value is -0.660. The molecule has 0 bridgehead atoms. The summed E-state index contributed by atoms with van der Waals surface area (Å²) in [6, 6.07) is 0. The van der Waals surface area contributed by atoms with Crippen LogP contribution in [-0.2, 0) is 9.59 Å². The molecule has 0 fully saturated rings. The van der Waals surface area contributed by atoms with E-state index >= 15 is 0 Å². The smallest absolute Gasteiger partial charge is 0.138 e. The topological polar surface area (TPSA) is 34.1 Å². The van der Waals surface area contributed by atoms with Crippen LogP contribution < -0.4 is 0 Å². The maximum absolute atomic E-state index is 11.3. The summed E-state index contributed by atoms with van der Waals surface area (Å²) in [5.41, 5.74) is 0. The molecule has 0 spiro atoms. The molecule has 0 aromatic heterocycles. The van der Waals surface area contributed by atoms with Gasteiger partial charge in [0.15, 0.2) is 0 Å². The predicted molar refractivity (Wildman–Crippen MR) is 44.3 cm³/mol. The lowest BCUT2D eigenvalue weighted by Gasteiger charge is -2.11. The van der Waals surface area contributed by atoms with Gasteiger partial charge in [0.25, 0.3) is 0 Å². The van der Waals surface area contributed by atoms with E-state index in [1.807, 2.05) is 20.8 Å². The van der Waals surface area contributed by atoms with Gasteiger partial charge < -0.3 is 4.79 Å². The molecule has 2 nitrogen and oxygen atoms in total. The van der Waals surface area contributed by atoms with E-state index in [9.17, 15) is 9.59 Å². The lowest BCUT2D eigenvalue weighted by molar-refractivity contribution is -0.127. The van der Waals surface area contributed by atoms with Crippen molar-refractivity contribution in [3.8, 4) is 0 Å². The molecule has 0 radical (unpaired) electrons. The Morgan fingerprint density at radius 1 is 1.36 bits per heavy atom. The largest absolute Gasteiger partial charge is 0.303 e. The van der Waals surface area contributed by atoms with Crippen molar-refractivity contribution in [1.29, 1.82) is 0 Å². The zero-order valence-corrected chi connectivity index (χ0v) is 7.46. The van der Waals surface area contributed by atoms with Crippen molar-refractivity contribution < 1.29 is 9.59 Å². The number of rotatable bonds is 5. The van der Waals surface area contributed by atoms with Crippen LogP contribution in [0.1, 0.15) is 33.6 Å². The van der Waals surface area contributed by atoms with Gasteiger partial charge in [-0.1, -0.05) is 20.8 Å². The molecule has 0 aromatic carbocycles. The van der Waals surface area contributed by atoms with E-state index in [4.69, 9.17) is 0 Å². The van der Waals surface area contributed by atoms with Gasteiger partial charge in [0, 0.05) is 18.3 Å². The molecule has 0 saturated carbocycles. The molecule has 0 aromatic rings. The number of carbonyl (C=O) groups is 2. The summed E-state index contributed by atoms with van der Waals surface area (Å²) in [5, 5.41) is 0. The van der Waals surface area contributed by atoms with E-state index in [1.54, 1.807) is 0 Å². The van der Waals surface area contributed by atoms with Gasteiger partial charge in [0.2, 0.25) is 0 Å². The van der Waals surface area contributed by atoms with E-state index < -0.39 is 0 Å². The highest BCUT2D eigenvalue weighted by Crippen LogP contribution is 2.11. The van der Waals surface area contributed by atoms with Gasteiger partial charge >= 0.3 is 0 Å². The standard InChI is InChI=1S/C9H16O2/c1-4-7(2)9(11)8(3)5-6-10/h6-8H,4-5H2,1-3H3. The third-order valence-corrected chi connectivity index (χ3v) is 2.03. The molecule has 0 amide bonds. The molecule has 0 aliphatic carbocycles. The van der Waals surface area contributed by atoms with Crippen molar-refractivity contribution in [1.82, 2.24) is 0 Å². The lowest BCUT2D eigenvalue weighted by atomic mass is 9.92. The molecule has 0 aliphatic heterocycles. The molecule has 2 atom stereocenters. The van der Waals surface area contributed by atoms with Gasteiger partial charge in [-0.15, -0.1) is 0 Å². The van der Waals surface area contributed by atoms with Crippen LogP contribution in [0, 0.1) is 11.8 Å². The first-order chi connectivity index (χ1) is 5.13. The molecular weight excluding hydrogens is 140 g/mol. The Bertz CT molecular complexity index is 140. The summed E-state index contributed by atoms with van der Waals surface area (Å²) < 4.78 is 0. The van der Waals surface area contributed by atoms with Crippen LogP contribution in [0.5, 0.6) is 0 Å². The van der Waals surface area contributed by atoms with Crippen molar-refractivity contribution in [3.63, 3.8) is 0 Å². The van der Waals surface area contributed by atoms with Crippen LogP contribution in [0.15, 0.2) is 0 Å².